The molecule has 0 saturated carbocycles. The van der Waals surface area contributed by atoms with Crippen LogP contribution in [0.2, 0.25) is 0 Å². The summed E-state index contributed by atoms with van der Waals surface area (Å²) < 4.78 is 0. The fourth-order valence-electron chi connectivity index (χ4n) is 3.30. The average Bonchev–Trinajstić information content (AvgIpc) is 2.86. The van der Waals surface area contributed by atoms with Gasteiger partial charge in [-0.1, -0.05) is 97.1 Å². The van der Waals surface area contributed by atoms with E-state index in [1.165, 1.54) is 5.57 Å². The number of anilines is 1. The second-order valence-corrected chi connectivity index (χ2v) is 8.71. The zero-order chi connectivity index (χ0) is 23.6. The zero-order valence-electron chi connectivity index (χ0n) is 19.6. The Morgan fingerprint density at radius 2 is 1.55 bits per heavy atom. The van der Waals surface area contributed by atoms with Crippen LogP contribution in [0.3, 0.4) is 0 Å². The number of aliphatic imine (C=N–C) groups is 1. The van der Waals surface area contributed by atoms with Gasteiger partial charge in [0, 0.05) is 11.1 Å². The largest absolute Gasteiger partial charge is 0.321 e. The van der Waals surface area contributed by atoms with Gasteiger partial charge in [0.05, 0.1) is 16.4 Å². The fraction of sp³-hybridized carbons (Fsp3) is 0.172. The number of nitrogens with zero attached hydrogens (tertiary/aromatic N) is 1. The van der Waals surface area contributed by atoms with Crippen molar-refractivity contribution in [2.24, 2.45) is 4.99 Å². The normalized spacial score (nSPS) is 12.5. The molecule has 33 heavy (non-hydrogen) atoms. The van der Waals surface area contributed by atoms with Crippen LogP contribution in [-0.4, -0.2) is 11.0 Å². The summed E-state index contributed by atoms with van der Waals surface area (Å²) in [4.78, 5) is 18.1. The van der Waals surface area contributed by atoms with E-state index in [0.29, 0.717) is 5.56 Å². The number of amides is 1. The van der Waals surface area contributed by atoms with E-state index >= 15 is 0 Å². The Morgan fingerprint density at radius 3 is 2.24 bits per heavy atom. The standard InChI is InChI=1S/C29H30N2OS/c1-5-21(3)20-33-22(4)30-27(6-2)26-18-12-13-19-28(26)31-29(32)25-17-11-10-16-24(25)23-14-8-7-9-15-23/h6-20H,5H2,1-4H3,(H,31,32)/b21-20+,27-6-,30-22?. The monoisotopic (exact) mass is 454 g/mol. The molecule has 0 aliphatic heterocycles. The van der Waals surface area contributed by atoms with Crippen molar-refractivity contribution in [3.63, 3.8) is 0 Å². The van der Waals surface area contributed by atoms with E-state index in [2.05, 4.69) is 24.6 Å². The number of rotatable bonds is 7. The van der Waals surface area contributed by atoms with Crippen LogP contribution < -0.4 is 5.32 Å². The molecule has 0 aliphatic carbocycles. The molecule has 0 fully saturated rings. The van der Waals surface area contributed by atoms with Crippen molar-refractivity contribution in [2.45, 2.75) is 34.1 Å². The number of nitrogens with one attached hydrogen (secondary N) is 1. The maximum atomic E-state index is 13.3. The van der Waals surface area contributed by atoms with Gasteiger partial charge in [0.1, 0.15) is 0 Å². The minimum atomic E-state index is -0.145. The first-order valence-electron chi connectivity index (χ1n) is 11.1. The summed E-state index contributed by atoms with van der Waals surface area (Å²) in [6.45, 7) is 8.23. The van der Waals surface area contributed by atoms with Crippen molar-refractivity contribution in [1.29, 1.82) is 0 Å². The van der Waals surface area contributed by atoms with Crippen LogP contribution in [0.4, 0.5) is 5.69 Å². The quantitative estimate of drug-likeness (QED) is 0.287. The Balaban J connectivity index is 1.90. The van der Waals surface area contributed by atoms with Crippen LogP contribution in [0, 0.1) is 0 Å². The van der Waals surface area contributed by atoms with Crippen LogP contribution in [0.5, 0.6) is 0 Å². The Kier molecular flexibility index (Phi) is 8.85. The lowest BCUT2D eigenvalue weighted by Gasteiger charge is -2.14. The molecule has 0 saturated heterocycles. The molecule has 0 radical (unpaired) electrons. The first-order valence-corrected chi connectivity index (χ1v) is 12.0. The van der Waals surface area contributed by atoms with Gasteiger partial charge >= 0.3 is 0 Å². The number of benzene rings is 3. The third-order valence-electron chi connectivity index (χ3n) is 5.25. The van der Waals surface area contributed by atoms with Crippen molar-refractivity contribution < 1.29 is 4.79 Å². The highest BCUT2D eigenvalue weighted by Gasteiger charge is 2.15. The third kappa shape index (κ3) is 6.56. The maximum absolute atomic E-state index is 13.3. The van der Waals surface area contributed by atoms with Gasteiger partial charge in [0.15, 0.2) is 0 Å². The van der Waals surface area contributed by atoms with Gasteiger partial charge in [-0.3, -0.25) is 4.79 Å². The van der Waals surface area contributed by atoms with Gasteiger partial charge in [0.25, 0.3) is 5.91 Å². The average molecular weight is 455 g/mol. The molecule has 3 rings (SSSR count). The first-order chi connectivity index (χ1) is 16.0. The molecule has 0 bridgehead atoms. The molecule has 0 aromatic heterocycles. The molecule has 3 nitrogen and oxygen atoms in total. The Hall–Kier alpha value is -3.37. The molecule has 0 atom stereocenters. The van der Waals surface area contributed by atoms with Gasteiger partial charge in [-0.05, 0) is 55.9 Å². The summed E-state index contributed by atoms with van der Waals surface area (Å²) in [5.41, 5.74) is 6.33. The summed E-state index contributed by atoms with van der Waals surface area (Å²) in [5, 5.41) is 6.21. The van der Waals surface area contributed by atoms with Crippen LogP contribution in [0.1, 0.15) is 50.0 Å². The lowest BCUT2D eigenvalue weighted by molar-refractivity contribution is 0.102. The molecule has 168 valence electrons. The molecule has 0 spiro atoms. The van der Waals surface area contributed by atoms with E-state index in [1.54, 1.807) is 11.8 Å². The predicted molar refractivity (Wildman–Crippen MR) is 145 cm³/mol. The smallest absolute Gasteiger partial charge is 0.256 e. The molecule has 1 amide bonds. The molecule has 0 unspecified atom stereocenters. The van der Waals surface area contributed by atoms with Gasteiger partial charge in [0.2, 0.25) is 0 Å². The summed E-state index contributed by atoms with van der Waals surface area (Å²) in [7, 11) is 0. The van der Waals surface area contributed by atoms with E-state index in [4.69, 9.17) is 4.99 Å². The van der Waals surface area contributed by atoms with Gasteiger partial charge < -0.3 is 5.32 Å². The summed E-state index contributed by atoms with van der Waals surface area (Å²) in [5.74, 6) is -0.145. The second-order valence-electron chi connectivity index (χ2n) is 7.65. The Labute approximate surface area is 201 Å². The second kappa shape index (κ2) is 12.0. The zero-order valence-corrected chi connectivity index (χ0v) is 20.4. The van der Waals surface area contributed by atoms with Gasteiger partial charge in [-0.25, -0.2) is 4.99 Å². The summed E-state index contributed by atoms with van der Waals surface area (Å²) in [6.07, 6.45) is 3.00. The summed E-state index contributed by atoms with van der Waals surface area (Å²) >= 11 is 1.62. The van der Waals surface area contributed by atoms with Gasteiger partial charge in [-0.15, -0.1) is 0 Å². The predicted octanol–water partition coefficient (Wildman–Crippen LogP) is 8.43. The summed E-state index contributed by atoms with van der Waals surface area (Å²) in [6, 6.07) is 25.4. The van der Waals surface area contributed by atoms with Crippen LogP contribution in [0.25, 0.3) is 16.8 Å². The highest BCUT2D eigenvalue weighted by Crippen LogP contribution is 2.29. The molecular weight excluding hydrogens is 424 g/mol. The minimum Gasteiger partial charge on any atom is -0.321 e. The molecule has 0 aliphatic rings. The lowest BCUT2D eigenvalue weighted by atomic mass is 9.99. The van der Waals surface area contributed by atoms with Crippen LogP contribution in [0.15, 0.2) is 101 Å². The van der Waals surface area contributed by atoms with E-state index in [9.17, 15) is 4.79 Å². The molecule has 1 N–H and O–H groups in total. The fourth-order valence-corrected chi connectivity index (χ4v) is 3.99. The Morgan fingerprint density at radius 1 is 0.909 bits per heavy atom. The van der Waals surface area contributed by atoms with Gasteiger partial charge in [-0.2, -0.15) is 0 Å². The van der Waals surface area contributed by atoms with E-state index in [-0.39, 0.29) is 5.91 Å². The lowest BCUT2D eigenvalue weighted by Crippen LogP contribution is -2.14. The Bertz CT molecular complexity index is 1190. The van der Waals surface area contributed by atoms with E-state index in [0.717, 1.165) is 39.5 Å². The van der Waals surface area contributed by atoms with Crippen LogP contribution in [-0.2, 0) is 0 Å². The number of carbonyl (C=O) groups is 1. The van der Waals surface area contributed by atoms with Crippen molar-refractivity contribution in [3.8, 4) is 11.1 Å². The number of carbonyl (C=O) groups excluding carboxylic acids is 1. The van der Waals surface area contributed by atoms with Crippen molar-refractivity contribution >= 4 is 34.1 Å². The highest BCUT2D eigenvalue weighted by atomic mass is 32.2. The molecule has 4 heteroatoms. The van der Waals surface area contributed by atoms with Crippen molar-refractivity contribution in [2.75, 3.05) is 5.32 Å². The topological polar surface area (TPSA) is 41.5 Å². The molecule has 3 aromatic carbocycles. The SMILES string of the molecule is C/C=C(\N=C(C)S/C=C(\C)CC)c1ccccc1NC(=O)c1ccccc1-c1ccccc1. The third-order valence-corrected chi connectivity index (χ3v) is 6.20. The minimum absolute atomic E-state index is 0.145. The van der Waals surface area contributed by atoms with Crippen molar-refractivity contribution in [1.82, 2.24) is 0 Å². The van der Waals surface area contributed by atoms with Crippen molar-refractivity contribution in [3.05, 3.63) is 107 Å². The number of hydrogen-bond donors (Lipinski definition) is 1. The number of para-hydroxylation sites is 1. The number of allylic oxidation sites excluding steroid dienone is 2. The molecule has 3 aromatic rings. The first kappa shape index (κ1) is 24.3. The highest BCUT2D eigenvalue weighted by molar-refractivity contribution is 8.16. The molecule has 0 heterocycles. The number of hydrogen-bond acceptors (Lipinski definition) is 3. The van der Waals surface area contributed by atoms with E-state index in [1.807, 2.05) is 98.8 Å². The molecular formula is C29H30N2OS. The van der Waals surface area contributed by atoms with E-state index < -0.39 is 0 Å². The van der Waals surface area contributed by atoms with Crippen LogP contribution >= 0.6 is 11.8 Å². The maximum Gasteiger partial charge on any atom is 0.256 e. The number of thioether (sulfide) groups is 1.